The molecule has 68 valence electrons. The maximum Gasteiger partial charge on any atom is 0.492 e. The number of hydrogen-bond donors (Lipinski definition) is 2. The summed E-state index contributed by atoms with van der Waals surface area (Å²) < 4.78 is 5.27. The highest BCUT2D eigenvalue weighted by atomic mass is 16.5. The minimum Gasteiger partial charge on any atom is -0.423 e. The molecule has 13 heavy (non-hydrogen) atoms. The van der Waals surface area contributed by atoms with Crippen molar-refractivity contribution in [1.82, 2.24) is 0 Å². The van der Waals surface area contributed by atoms with Gasteiger partial charge in [-0.05, 0) is 17.9 Å². The average molecular weight is 177 g/mol. The van der Waals surface area contributed by atoms with Crippen molar-refractivity contribution >= 4 is 12.6 Å². The standard InChI is InChI=1S/C9H12BNO2/c1-6-2-3-7-8(4-6)10(12)13-9(7)5-11/h2-4,9,12H,5,11H2,1H3. The van der Waals surface area contributed by atoms with Gasteiger partial charge in [0, 0.05) is 6.54 Å². The Morgan fingerprint density at radius 3 is 3.08 bits per heavy atom. The first kappa shape index (κ1) is 8.75. The predicted molar refractivity (Wildman–Crippen MR) is 51.7 cm³/mol. The van der Waals surface area contributed by atoms with Gasteiger partial charge < -0.3 is 15.4 Å². The Morgan fingerprint density at radius 1 is 1.62 bits per heavy atom. The van der Waals surface area contributed by atoms with Gasteiger partial charge in [0.1, 0.15) is 0 Å². The summed E-state index contributed by atoms with van der Waals surface area (Å²) in [6.45, 7) is 2.40. The van der Waals surface area contributed by atoms with E-state index in [0.717, 1.165) is 16.6 Å². The molecular weight excluding hydrogens is 165 g/mol. The van der Waals surface area contributed by atoms with E-state index in [1.807, 2.05) is 25.1 Å². The van der Waals surface area contributed by atoms with E-state index >= 15 is 0 Å². The molecule has 1 heterocycles. The highest BCUT2D eigenvalue weighted by Gasteiger charge is 2.33. The van der Waals surface area contributed by atoms with Gasteiger partial charge in [-0.25, -0.2) is 0 Å². The Bertz CT molecular complexity index is 329. The Hall–Kier alpha value is -0.835. The zero-order valence-corrected chi connectivity index (χ0v) is 7.53. The van der Waals surface area contributed by atoms with Gasteiger partial charge in [0.25, 0.3) is 0 Å². The lowest BCUT2D eigenvalue weighted by Crippen LogP contribution is -2.28. The van der Waals surface area contributed by atoms with Crippen LogP contribution in [-0.4, -0.2) is 18.7 Å². The summed E-state index contributed by atoms with van der Waals surface area (Å²) in [5.41, 5.74) is 8.51. The van der Waals surface area contributed by atoms with Crippen LogP contribution in [0.3, 0.4) is 0 Å². The molecule has 4 heteroatoms. The molecule has 0 saturated heterocycles. The summed E-state index contributed by atoms with van der Waals surface area (Å²) in [4.78, 5) is 0. The van der Waals surface area contributed by atoms with Crippen molar-refractivity contribution in [2.24, 2.45) is 5.73 Å². The Morgan fingerprint density at radius 2 is 2.38 bits per heavy atom. The lowest BCUT2D eigenvalue weighted by atomic mass is 9.78. The van der Waals surface area contributed by atoms with Crippen LogP contribution in [-0.2, 0) is 4.65 Å². The van der Waals surface area contributed by atoms with E-state index in [4.69, 9.17) is 10.4 Å². The summed E-state index contributed by atoms with van der Waals surface area (Å²) >= 11 is 0. The van der Waals surface area contributed by atoms with Crippen molar-refractivity contribution in [3.05, 3.63) is 29.3 Å². The second-order valence-corrected chi connectivity index (χ2v) is 3.35. The van der Waals surface area contributed by atoms with E-state index in [2.05, 4.69) is 0 Å². The van der Waals surface area contributed by atoms with Crippen LogP contribution in [0.1, 0.15) is 17.2 Å². The van der Waals surface area contributed by atoms with E-state index in [1.54, 1.807) is 0 Å². The largest absolute Gasteiger partial charge is 0.492 e. The summed E-state index contributed by atoms with van der Waals surface area (Å²) in [7, 11) is -0.802. The molecule has 1 aromatic carbocycles. The van der Waals surface area contributed by atoms with Crippen LogP contribution in [0.4, 0.5) is 0 Å². The molecule has 3 nitrogen and oxygen atoms in total. The summed E-state index contributed by atoms with van der Waals surface area (Å²) in [6, 6.07) is 5.91. The monoisotopic (exact) mass is 177 g/mol. The lowest BCUT2D eigenvalue weighted by molar-refractivity contribution is 0.198. The molecule has 2 rings (SSSR count). The molecule has 1 aliphatic heterocycles. The average Bonchev–Trinajstić information content (AvgIpc) is 2.43. The van der Waals surface area contributed by atoms with Crippen molar-refractivity contribution in [2.45, 2.75) is 13.0 Å². The molecule has 0 saturated carbocycles. The van der Waals surface area contributed by atoms with Crippen molar-refractivity contribution < 1.29 is 9.68 Å². The molecule has 0 fully saturated rings. The smallest absolute Gasteiger partial charge is 0.423 e. The number of aryl methyl sites for hydroxylation is 1. The second kappa shape index (κ2) is 3.14. The molecule has 0 spiro atoms. The van der Waals surface area contributed by atoms with E-state index in [-0.39, 0.29) is 6.10 Å². The molecule has 0 amide bonds. The van der Waals surface area contributed by atoms with E-state index in [1.165, 1.54) is 0 Å². The summed E-state index contributed by atoms with van der Waals surface area (Å²) in [5, 5.41) is 9.53. The molecule has 0 bridgehead atoms. The van der Waals surface area contributed by atoms with Crippen LogP contribution in [0.15, 0.2) is 18.2 Å². The first-order chi connectivity index (χ1) is 6.22. The zero-order chi connectivity index (χ0) is 9.42. The van der Waals surface area contributed by atoms with Crippen LogP contribution < -0.4 is 11.2 Å². The summed E-state index contributed by atoms with van der Waals surface area (Å²) in [5.74, 6) is 0. The van der Waals surface area contributed by atoms with Gasteiger partial charge in [0.15, 0.2) is 0 Å². The van der Waals surface area contributed by atoms with Crippen LogP contribution >= 0.6 is 0 Å². The zero-order valence-electron chi connectivity index (χ0n) is 7.53. The van der Waals surface area contributed by atoms with Crippen molar-refractivity contribution in [3.8, 4) is 0 Å². The van der Waals surface area contributed by atoms with Crippen molar-refractivity contribution in [2.75, 3.05) is 6.54 Å². The van der Waals surface area contributed by atoms with Gasteiger partial charge in [-0.15, -0.1) is 0 Å². The highest BCUT2D eigenvalue weighted by Crippen LogP contribution is 2.22. The normalized spacial score (nSPS) is 20.5. The van der Waals surface area contributed by atoms with Gasteiger partial charge in [-0.2, -0.15) is 0 Å². The molecule has 0 aliphatic carbocycles. The molecule has 1 aromatic rings. The molecular formula is C9H12BNO2. The van der Waals surface area contributed by atoms with Crippen LogP contribution in [0.2, 0.25) is 0 Å². The number of hydrogen-bond acceptors (Lipinski definition) is 3. The third-order valence-corrected chi connectivity index (χ3v) is 2.36. The lowest BCUT2D eigenvalue weighted by Gasteiger charge is -2.07. The minimum absolute atomic E-state index is 0.148. The topological polar surface area (TPSA) is 55.5 Å². The summed E-state index contributed by atoms with van der Waals surface area (Å²) in [6.07, 6.45) is -0.148. The maximum atomic E-state index is 9.53. The number of benzene rings is 1. The Kier molecular flexibility index (Phi) is 2.11. The first-order valence-electron chi connectivity index (χ1n) is 4.36. The van der Waals surface area contributed by atoms with Crippen LogP contribution in [0, 0.1) is 6.92 Å². The number of rotatable bonds is 1. The van der Waals surface area contributed by atoms with E-state index < -0.39 is 7.12 Å². The molecule has 1 atom stereocenters. The molecule has 0 aromatic heterocycles. The predicted octanol–water partition coefficient (Wildman–Crippen LogP) is -0.287. The van der Waals surface area contributed by atoms with E-state index in [0.29, 0.717) is 6.54 Å². The Labute approximate surface area is 77.7 Å². The molecule has 0 radical (unpaired) electrons. The molecule has 3 N–H and O–H groups in total. The van der Waals surface area contributed by atoms with E-state index in [9.17, 15) is 5.02 Å². The fraction of sp³-hybridized carbons (Fsp3) is 0.333. The third-order valence-electron chi connectivity index (χ3n) is 2.36. The van der Waals surface area contributed by atoms with Gasteiger partial charge >= 0.3 is 7.12 Å². The van der Waals surface area contributed by atoms with Crippen LogP contribution in [0.25, 0.3) is 0 Å². The first-order valence-corrected chi connectivity index (χ1v) is 4.36. The van der Waals surface area contributed by atoms with Gasteiger partial charge in [-0.1, -0.05) is 23.8 Å². The fourth-order valence-corrected chi connectivity index (χ4v) is 1.69. The van der Waals surface area contributed by atoms with Gasteiger partial charge in [0.2, 0.25) is 0 Å². The number of fused-ring (bicyclic) bond motifs is 1. The van der Waals surface area contributed by atoms with Gasteiger partial charge in [-0.3, -0.25) is 0 Å². The highest BCUT2D eigenvalue weighted by molar-refractivity contribution is 6.61. The van der Waals surface area contributed by atoms with Crippen LogP contribution in [0.5, 0.6) is 0 Å². The van der Waals surface area contributed by atoms with Crippen molar-refractivity contribution in [1.29, 1.82) is 0 Å². The van der Waals surface area contributed by atoms with Crippen molar-refractivity contribution in [3.63, 3.8) is 0 Å². The molecule has 1 aliphatic rings. The molecule has 1 unspecified atom stereocenters. The second-order valence-electron chi connectivity index (χ2n) is 3.35. The minimum atomic E-state index is -0.802. The third kappa shape index (κ3) is 1.37. The maximum absolute atomic E-state index is 9.53. The SMILES string of the molecule is Cc1ccc2c(c1)B(O)OC2CN. The quantitative estimate of drug-likeness (QED) is 0.579. The fourth-order valence-electron chi connectivity index (χ4n) is 1.69. The van der Waals surface area contributed by atoms with Gasteiger partial charge in [0.05, 0.1) is 6.10 Å². The Balaban J connectivity index is 2.46. The number of nitrogens with two attached hydrogens (primary N) is 1.